The molecule has 0 amide bonds. The second-order valence-corrected chi connectivity index (χ2v) is 19.9. The Morgan fingerprint density at radius 2 is 1.65 bits per heavy atom. The van der Waals surface area contributed by atoms with E-state index in [2.05, 4.69) is 33.4 Å². The van der Waals surface area contributed by atoms with E-state index in [1.807, 2.05) is 0 Å². The molecule has 8 aliphatic rings. The molecule has 8 rings (SSSR count). The first kappa shape index (κ1) is 45.4. The third-order valence-corrected chi connectivity index (χ3v) is 16.6. The summed E-state index contributed by atoms with van der Waals surface area (Å²) < 4.78 is 50.3. The molecule has 16 heteroatoms. The van der Waals surface area contributed by atoms with Gasteiger partial charge in [0.2, 0.25) is 0 Å². The number of aliphatic hydroxyl groups excluding tert-OH is 8. The summed E-state index contributed by atoms with van der Waals surface area (Å²) in [5.74, 6) is 0.955. The summed E-state index contributed by atoms with van der Waals surface area (Å²) in [6, 6.07) is 0. The average Bonchev–Trinajstić information content (AvgIpc) is 3.66. The van der Waals surface area contributed by atoms with Crippen molar-refractivity contribution in [2.24, 2.45) is 40.4 Å². The second-order valence-electron chi connectivity index (χ2n) is 19.9. The van der Waals surface area contributed by atoms with E-state index in [1.165, 1.54) is 21.0 Å². The van der Waals surface area contributed by atoms with Gasteiger partial charge in [0.05, 0.1) is 43.7 Å². The van der Waals surface area contributed by atoms with Gasteiger partial charge in [-0.2, -0.15) is 0 Å². The number of aliphatic hydroxyl groups is 8. The van der Waals surface area contributed by atoms with Crippen LogP contribution in [0.2, 0.25) is 0 Å². The number of rotatable bonds is 10. The van der Waals surface area contributed by atoms with Crippen LogP contribution in [0.25, 0.3) is 0 Å². The Labute approximate surface area is 352 Å². The van der Waals surface area contributed by atoms with Crippen molar-refractivity contribution in [3.05, 3.63) is 23.8 Å². The van der Waals surface area contributed by atoms with Crippen LogP contribution < -0.4 is 0 Å². The van der Waals surface area contributed by atoms with Crippen LogP contribution in [0, 0.1) is 40.4 Å². The summed E-state index contributed by atoms with van der Waals surface area (Å²) in [5.41, 5.74) is 1.75. The van der Waals surface area contributed by atoms with Gasteiger partial charge in [0.1, 0.15) is 48.8 Å². The summed E-state index contributed by atoms with van der Waals surface area (Å²) in [5, 5.41) is 86.5. The fourth-order valence-corrected chi connectivity index (χ4v) is 13.2. The molecule has 4 aliphatic heterocycles. The number of allylic oxidation sites excluding steroid dienone is 1. The number of ether oxygens (including phenoxy) is 8. The minimum Gasteiger partial charge on any atom is -0.393 e. The molecular weight excluding hydrogens is 784 g/mol. The van der Waals surface area contributed by atoms with E-state index in [0.29, 0.717) is 30.8 Å². The van der Waals surface area contributed by atoms with Crippen molar-refractivity contribution < 1.29 is 78.7 Å². The van der Waals surface area contributed by atoms with Gasteiger partial charge in [-0.05, 0) is 81.5 Å². The van der Waals surface area contributed by atoms with Crippen LogP contribution in [0.3, 0.4) is 0 Å². The molecule has 60 heavy (non-hydrogen) atoms. The zero-order valence-electron chi connectivity index (χ0n) is 35.8. The smallest absolute Gasteiger partial charge is 0.187 e. The second kappa shape index (κ2) is 17.0. The van der Waals surface area contributed by atoms with Gasteiger partial charge < -0.3 is 78.7 Å². The van der Waals surface area contributed by atoms with E-state index < -0.39 is 103 Å². The maximum absolute atomic E-state index is 11.4. The zero-order valence-corrected chi connectivity index (χ0v) is 35.8. The highest BCUT2D eigenvalue weighted by molar-refractivity contribution is 5.29. The molecule has 0 aromatic rings. The maximum atomic E-state index is 11.4. The lowest BCUT2D eigenvalue weighted by Crippen LogP contribution is -2.64. The first-order chi connectivity index (χ1) is 28.3. The van der Waals surface area contributed by atoms with Crippen LogP contribution >= 0.6 is 0 Å². The highest BCUT2D eigenvalue weighted by Crippen LogP contribution is 2.71. The fourth-order valence-electron chi connectivity index (χ4n) is 13.2. The highest BCUT2D eigenvalue weighted by atomic mass is 16.8. The van der Waals surface area contributed by atoms with Crippen molar-refractivity contribution in [1.29, 1.82) is 0 Å². The van der Waals surface area contributed by atoms with Crippen LogP contribution in [0.15, 0.2) is 23.8 Å². The molecule has 0 aromatic carbocycles. The standard InChI is InChI=1S/C44H70O16/c1-19-10-13-44(55-17-19)20(2)31-29(60-44)16-27-25-9-8-23-14-24(46)15-30(43(23,6)26(25)11-12-42(27,31)5)57-41-38(59-40-36(52)34(50)33(49)22(4)56-40)37(28(47)18-54-41)58-39(53-7)35(51)32(48)21(3)45/h8,20-22,24-41,45-52H,1,9-18H2,2-7H3. The molecule has 24 atom stereocenters. The quantitative estimate of drug-likeness (QED) is 0.113. The molecule has 0 radical (unpaired) electrons. The lowest BCUT2D eigenvalue weighted by molar-refractivity contribution is -0.377. The molecule has 7 fully saturated rings. The average molecular weight is 855 g/mol. The van der Waals surface area contributed by atoms with Gasteiger partial charge in [-0.3, -0.25) is 0 Å². The van der Waals surface area contributed by atoms with Crippen LogP contribution in [-0.4, -0.2) is 165 Å². The molecule has 3 saturated carbocycles. The summed E-state index contributed by atoms with van der Waals surface area (Å²) >= 11 is 0. The van der Waals surface area contributed by atoms with Crippen LogP contribution in [-0.2, 0) is 37.9 Å². The summed E-state index contributed by atoms with van der Waals surface area (Å²) in [6.07, 6.45) is -11.8. The largest absolute Gasteiger partial charge is 0.393 e. The Balaban J connectivity index is 1.08. The topological polar surface area (TPSA) is 236 Å². The van der Waals surface area contributed by atoms with Crippen LogP contribution in [0.4, 0.5) is 0 Å². The molecule has 4 aliphatic carbocycles. The Hall–Kier alpha value is -1.16. The first-order valence-electron chi connectivity index (χ1n) is 22.2. The van der Waals surface area contributed by atoms with E-state index in [9.17, 15) is 40.9 Å². The minimum absolute atomic E-state index is 0.0465. The molecule has 0 bridgehead atoms. The highest BCUT2D eigenvalue weighted by Gasteiger charge is 2.69. The van der Waals surface area contributed by atoms with Crippen molar-refractivity contribution >= 4 is 0 Å². The summed E-state index contributed by atoms with van der Waals surface area (Å²) in [7, 11) is 1.22. The Kier molecular flexibility index (Phi) is 12.9. The van der Waals surface area contributed by atoms with E-state index in [-0.39, 0.29) is 36.4 Å². The number of fused-ring (bicyclic) bond motifs is 7. The minimum atomic E-state index is -1.76. The molecule has 4 saturated heterocycles. The van der Waals surface area contributed by atoms with Gasteiger partial charge in [0, 0.05) is 31.3 Å². The van der Waals surface area contributed by atoms with Gasteiger partial charge >= 0.3 is 0 Å². The van der Waals surface area contributed by atoms with Crippen LogP contribution in [0.5, 0.6) is 0 Å². The van der Waals surface area contributed by atoms with Crippen molar-refractivity contribution in [3.8, 4) is 0 Å². The van der Waals surface area contributed by atoms with Gasteiger partial charge in [0.15, 0.2) is 24.7 Å². The molecule has 342 valence electrons. The molecule has 4 heterocycles. The number of methoxy groups -OCH3 is 1. The summed E-state index contributed by atoms with van der Waals surface area (Å²) in [6.45, 7) is 14.2. The summed E-state index contributed by atoms with van der Waals surface area (Å²) in [4.78, 5) is 0. The van der Waals surface area contributed by atoms with Gasteiger partial charge in [-0.1, -0.05) is 44.6 Å². The van der Waals surface area contributed by atoms with E-state index in [0.717, 1.165) is 49.7 Å². The van der Waals surface area contributed by atoms with E-state index in [4.69, 9.17) is 37.9 Å². The van der Waals surface area contributed by atoms with Crippen molar-refractivity contribution in [3.63, 3.8) is 0 Å². The SMILES string of the molecule is C=C1CCC2(OC1)OC1CC3C4CC=C5CC(O)CC(OC6OCC(O)C(OC(OC)C(O)C(O)C(C)O)C6OC6OC(C)C(O)C(O)C6O)C5(C)C4CCC3(C)C1C2C. The normalized spacial score (nSPS) is 52.4. The Bertz CT molecular complexity index is 1570. The third-order valence-electron chi connectivity index (χ3n) is 16.6. The lowest BCUT2D eigenvalue weighted by atomic mass is 9.46. The predicted molar refractivity (Wildman–Crippen MR) is 210 cm³/mol. The first-order valence-corrected chi connectivity index (χ1v) is 22.2. The third kappa shape index (κ3) is 7.49. The fraction of sp³-hybridized carbons (Fsp3) is 0.909. The van der Waals surface area contributed by atoms with Gasteiger partial charge in [-0.25, -0.2) is 0 Å². The van der Waals surface area contributed by atoms with Crippen molar-refractivity contribution in [2.45, 2.75) is 190 Å². The number of hydrogen-bond donors (Lipinski definition) is 8. The van der Waals surface area contributed by atoms with Gasteiger partial charge in [-0.15, -0.1) is 0 Å². The molecule has 1 spiro atoms. The van der Waals surface area contributed by atoms with Crippen molar-refractivity contribution in [1.82, 2.24) is 0 Å². The molecular formula is C44H70O16. The molecule has 24 unspecified atom stereocenters. The monoisotopic (exact) mass is 854 g/mol. The molecule has 8 N–H and O–H groups in total. The van der Waals surface area contributed by atoms with Crippen LogP contribution in [0.1, 0.15) is 86.0 Å². The molecule has 16 nitrogen and oxygen atoms in total. The van der Waals surface area contributed by atoms with E-state index >= 15 is 0 Å². The Morgan fingerprint density at radius 1 is 0.900 bits per heavy atom. The zero-order chi connectivity index (χ0) is 43.2. The Morgan fingerprint density at radius 3 is 2.33 bits per heavy atom. The lowest BCUT2D eigenvalue weighted by Gasteiger charge is -2.60. The molecule has 0 aromatic heterocycles. The predicted octanol–water partition coefficient (Wildman–Crippen LogP) is 1.02. The van der Waals surface area contributed by atoms with E-state index in [1.54, 1.807) is 0 Å². The number of hydrogen-bond acceptors (Lipinski definition) is 16. The van der Waals surface area contributed by atoms with Gasteiger partial charge in [0.25, 0.3) is 0 Å². The van der Waals surface area contributed by atoms with Crippen molar-refractivity contribution in [2.75, 3.05) is 20.3 Å². The maximum Gasteiger partial charge on any atom is 0.187 e.